The van der Waals surface area contributed by atoms with Crippen molar-refractivity contribution in [3.63, 3.8) is 0 Å². The lowest BCUT2D eigenvalue weighted by Gasteiger charge is -2.12. The number of carbonyl (C=O) groups is 3. The third kappa shape index (κ3) is 7.66. The van der Waals surface area contributed by atoms with Crippen LogP contribution in [0, 0.1) is 0 Å². The largest absolute Gasteiger partial charge is 0.443 e. The zero-order chi connectivity index (χ0) is 28.7. The van der Waals surface area contributed by atoms with Gasteiger partial charge in [-0.25, -0.2) is 14.0 Å². The molecule has 0 unspecified atom stereocenters. The Labute approximate surface area is 240 Å². The maximum absolute atomic E-state index is 13.1. The number of hydrogen-bond acceptors (Lipinski definition) is 6. The topological polar surface area (TPSA) is 127 Å². The van der Waals surface area contributed by atoms with Gasteiger partial charge in [-0.2, -0.15) is 0 Å². The van der Waals surface area contributed by atoms with E-state index in [-0.39, 0.29) is 34.1 Å². The molecule has 0 spiro atoms. The van der Waals surface area contributed by atoms with Crippen molar-refractivity contribution >= 4 is 62.3 Å². The van der Waals surface area contributed by atoms with Gasteiger partial charge in [-0.1, -0.05) is 53.5 Å². The van der Waals surface area contributed by atoms with Crippen LogP contribution in [0.1, 0.15) is 26.3 Å². The molecule has 0 saturated heterocycles. The highest BCUT2D eigenvalue weighted by Gasteiger charge is 2.17. The number of ether oxygens (including phenoxy) is 1. The molecular formula is C28H22Cl2N4O5S. The predicted molar refractivity (Wildman–Crippen MR) is 154 cm³/mol. The van der Waals surface area contributed by atoms with Crippen molar-refractivity contribution in [2.45, 2.75) is 11.5 Å². The predicted octanol–water partition coefficient (Wildman–Crippen LogP) is 6.69. The molecule has 3 aromatic carbocycles. The molecule has 2 N–H and O–H groups in total. The quantitative estimate of drug-likeness (QED) is 0.245. The van der Waals surface area contributed by atoms with E-state index in [0.29, 0.717) is 10.0 Å². The van der Waals surface area contributed by atoms with Crippen molar-refractivity contribution in [1.29, 1.82) is 0 Å². The first-order chi connectivity index (χ1) is 19.1. The standard InChI is InChI=1S/C28H22Cl2N4O5S/c1-40(38,34-28(37)39-17-18-5-3-2-4-6-18)22-11-7-19(8-12-22)26(35)32-24-13-9-20(29)15-23(24)27(36)33-25-14-10-21(30)16-31-25/h2-16H,17H2,1H3,(H,32,35)(H,31,33,36)/t40-/m0/s1. The number of anilines is 2. The second-order valence-corrected chi connectivity index (χ2v) is 11.6. The first-order valence-electron chi connectivity index (χ1n) is 11.7. The van der Waals surface area contributed by atoms with Crippen molar-refractivity contribution in [2.75, 3.05) is 16.9 Å². The number of benzene rings is 3. The summed E-state index contributed by atoms with van der Waals surface area (Å²) in [5.41, 5.74) is 1.30. The van der Waals surface area contributed by atoms with E-state index in [1.165, 1.54) is 61.0 Å². The van der Waals surface area contributed by atoms with Crippen LogP contribution < -0.4 is 10.6 Å². The van der Waals surface area contributed by atoms with Gasteiger partial charge in [0.25, 0.3) is 11.8 Å². The number of aromatic nitrogens is 1. The smallest absolute Gasteiger partial charge is 0.442 e. The molecule has 0 saturated carbocycles. The van der Waals surface area contributed by atoms with Gasteiger partial charge in [0, 0.05) is 27.9 Å². The van der Waals surface area contributed by atoms with Gasteiger partial charge < -0.3 is 15.4 Å². The monoisotopic (exact) mass is 596 g/mol. The molecule has 12 heteroatoms. The van der Waals surface area contributed by atoms with Crippen molar-refractivity contribution in [2.24, 2.45) is 4.36 Å². The van der Waals surface area contributed by atoms with Crippen molar-refractivity contribution in [3.8, 4) is 0 Å². The maximum Gasteiger partial charge on any atom is 0.442 e. The molecule has 1 aromatic heterocycles. The summed E-state index contributed by atoms with van der Waals surface area (Å²) in [6.45, 7) is -0.00127. The molecule has 0 bridgehead atoms. The van der Waals surface area contributed by atoms with Gasteiger partial charge in [0.15, 0.2) is 0 Å². The van der Waals surface area contributed by atoms with Crippen LogP contribution in [0.4, 0.5) is 16.3 Å². The van der Waals surface area contributed by atoms with E-state index in [2.05, 4.69) is 20.0 Å². The molecule has 1 atom stereocenters. The number of pyridine rings is 1. The molecule has 9 nitrogen and oxygen atoms in total. The number of halogens is 2. The Morgan fingerprint density at radius 2 is 1.57 bits per heavy atom. The first-order valence-corrected chi connectivity index (χ1v) is 14.4. The van der Waals surface area contributed by atoms with Crippen LogP contribution in [0.3, 0.4) is 0 Å². The molecule has 0 aliphatic rings. The molecule has 0 radical (unpaired) electrons. The summed E-state index contributed by atoms with van der Waals surface area (Å²) < 4.78 is 21.9. The van der Waals surface area contributed by atoms with Crippen LogP contribution in [0.2, 0.25) is 10.0 Å². The minimum Gasteiger partial charge on any atom is -0.443 e. The Morgan fingerprint density at radius 3 is 2.25 bits per heavy atom. The fraction of sp³-hybridized carbons (Fsp3) is 0.0714. The summed E-state index contributed by atoms with van der Waals surface area (Å²) >= 11 is 11.9. The van der Waals surface area contributed by atoms with Crippen LogP contribution in [-0.2, 0) is 21.1 Å². The minimum absolute atomic E-state index is 0.00127. The third-order valence-electron chi connectivity index (χ3n) is 5.45. The average Bonchev–Trinajstić information content (AvgIpc) is 2.94. The van der Waals surface area contributed by atoms with Crippen molar-refractivity contribution in [1.82, 2.24) is 4.98 Å². The van der Waals surface area contributed by atoms with Crippen LogP contribution in [0.25, 0.3) is 0 Å². The van der Waals surface area contributed by atoms with E-state index in [4.69, 9.17) is 27.9 Å². The lowest BCUT2D eigenvalue weighted by Crippen LogP contribution is -2.18. The molecule has 3 amide bonds. The molecule has 40 heavy (non-hydrogen) atoms. The number of hydrogen-bond donors (Lipinski definition) is 2. The maximum atomic E-state index is 13.1. The first kappa shape index (κ1) is 28.8. The zero-order valence-corrected chi connectivity index (χ0v) is 23.3. The normalized spacial score (nSPS) is 12.1. The van der Waals surface area contributed by atoms with Crippen molar-refractivity contribution < 1.29 is 23.3 Å². The van der Waals surface area contributed by atoms with Crippen LogP contribution >= 0.6 is 23.2 Å². The molecule has 1 heterocycles. The molecule has 204 valence electrons. The molecule has 4 aromatic rings. The summed E-state index contributed by atoms with van der Waals surface area (Å²) in [6.07, 6.45) is 1.73. The second-order valence-electron chi connectivity index (χ2n) is 8.42. The Bertz CT molecular complexity index is 1670. The summed E-state index contributed by atoms with van der Waals surface area (Å²) in [4.78, 5) is 42.3. The third-order valence-corrected chi connectivity index (χ3v) is 7.55. The summed E-state index contributed by atoms with van der Waals surface area (Å²) in [6, 6.07) is 22.3. The van der Waals surface area contributed by atoms with Crippen LogP contribution in [-0.4, -0.2) is 33.4 Å². The lowest BCUT2D eigenvalue weighted by molar-refractivity contribution is 0.102. The van der Waals surface area contributed by atoms with Crippen LogP contribution in [0.15, 0.2) is 100 Å². The Balaban J connectivity index is 1.45. The van der Waals surface area contributed by atoms with E-state index in [9.17, 15) is 18.6 Å². The highest BCUT2D eigenvalue weighted by atomic mass is 35.5. The fourth-order valence-electron chi connectivity index (χ4n) is 3.44. The van der Waals surface area contributed by atoms with Gasteiger partial charge in [0.2, 0.25) is 0 Å². The molecular weight excluding hydrogens is 575 g/mol. The van der Waals surface area contributed by atoms with Crippen LogP contribution in [0.5, 0.6) is 0 Å². The minimum atomic E-state index is -3.13. The Morgan fingerprint density at radius 1 is 0.875 bits per heavy atom. The van der Waals surface area contributed by atoms with E-state index in [1.54, 1.807) is 18.2 Å². The summed E-state index contributed by atoms with van der Waals surface area (Å²) in [7, 11) is -3.13. The fourth-order valence-corrected chi connectivity index (χ4v) is 4.81. The van der Waals surface area contributed by atoms with E-state index < -0.39 is 27.6 Å². The van der Waals surface area contributed by atoms with E-state index >= 15 is 0 Å². The molecule has 0 fully saturated rings. The number of nitrogens with one attached hydrogen (secondary N) is 2. The van der Waals surface area contributed by atoms with Gasteiger partial charge >= 0.3 is 6.09 Å². The zero-order valence-electron chi connectivity index (χ0n) is 21.0. The van der Waals surface area contributed by atoms with Gasteiger partial charge in [0.1, 0.15) is 12.4 Å². The molecule has 4 rings (SSSR count). The van der Waals surface area contributed by atoms with Crippen molar-refractivity contribution in [3.05, 3.63) is 118 Å². The molecule has 0 aliphatic heterocycles. The SMILES string of the molecule is C[S@@](=O)(=NC(=O)OCc1ccccc1)c1ccc(C(=O)Nc2ccc(Cl)cc2C(=O)Nc2ccc(Cl)cn2)cc1. The van der Waals surface area contributed by atoms with Gasteiger partial charge in [-0.15, -0.1) is 4.36 Å². The van der Waals surface area contributed by atoms with E-state index in [1.807, 2.05) is 18.2 Å². The Hall–Kier alpha value is -4.25. The van der Waals surface area contributed by atoms with Gasteiger partial charge in [-0.05, 0) is 60.2 Å². The van der Waals surface area contributed by atoms with E-state index in [0.717, 1.165) is 5.56 Å². The number of rotatable bonds is 7. The number of amides is 3. The summed E-state index contributed by atoms with van der Waals surface area (Å²) in [5, 5.41) is 6.01. The lowest BCUT2D eigenvalue weighted by atomic mass is 10.1. The second kappa shape index (κ2) is 12.7. The highest BCUT2D eigenvalue weighted by molar-refractivity contribution is 7.93. The number of carbonyl (C=O) groups excluding carboxylic acids is 3. The summed E-state index contributed by atoms with van der Waals surface area (Å²) in [5.74, 6) is -0.816. The Kier molecular flexibility index (Phi) is 9.15. The highest BCUT2D eigenvalue weighted by Crippen LogP contribution is 2.23. The average molecular weight is 597 g/mol. The number of nitrogens with zero attached hydrogens (tertiary/aromatic N) is 2. The van der Waals surface area contributed by atoms with Gasteiger partial charge in [-0.3, -0.25) is 9.59 Å². The van der Waals surface area contributed by atoms with Gasteiger partial charge in [0.05, 0.1) is 26.0 Å². The molecule has 0 aliphatic carbocycles.